The van der Waals surface area contributed by atoms with Crippen LogP contribution in [0.3, 0.4) is 0 Å². The molecule has 0 radical (unpaired) electrons. The third-order valence-corrected chi connectivity index (χ3v) is 3.63. The van der Waals surface area contributed by atoms with Gasteiger partial charge in [0.15, 0.2) is 0 Å². The lowest BCUT2D eigenvalue weighted by Crippen LogP contribution is -2.27. The molecule has 0 aliphatic carbocycles. The van der Waals surface area contributed by atoms with Crippen LogP contribution in [0.1, 0.15) is 13.3 Å². The molecular formula is C8H17O6P. The van der Waals surface area contributed by atoms with Crippen molar-refractivity contribution < 1.29 is 27.9 Å². The number of carbonyl (C=O) groups is 1. The second-order valence-electron chi connectivity index (χ2n) is 2.65. The van der Waals surface area contributed by atoms with Crippen LogP contribution >= 0.6 is 7.60 Å². The molecule has 0 aliphatic rings. The topological polar surface area (TPSA) is 71.1 Å². The third kappa shape index (κ3) is 3.91. The molecule has 0 aliphatic heterocycles. The number of hydrogen-bond donors (Lipinski definition) is 0. The number of esters is 1. The van der Waals surface area contributed by atoms with Crippen LogP contribution in [-0.2, 0) is 27.9 Å². The maximum Gasteiger partial charge on any atom is 0.370 e. The third-order valence-electron chi connectivity index (χ3n) is 1.68. The smallest absolute Gasteiger partial charge is 0.370 e. The summed E-state index contributed by atoms with van der Waals surface area (Å²) >= 11 is 0. The molecular weight excluding hydrogens is 223 g/mol. The summed E-state index contributed by atoms with van der Waals surface area (Å²) in [5, 5.41) is 0. The van der Waals surface area contributed by atoms with Crippen molar-refractivity contribution in [2.75, 3.05) is 27.9 Å². The van der Waals surface area contributed by atoms with Gasteiger partial charge in [-0.15, -0.1) is 0 Å². The van der Waals surface area contributed by atoms with Crippen LogP contribution < -0.4 is 0 Å². The fourth-order valence-electron chi connectivity index (χ4n) is 0.885. The Hall–Kier alpha value is -0.420. The highest BCUT2D eigenvalue weighted by Gasteiger charge is 2.41. The molecule has 0 bridgehead atoms. The van der Waals surface area contributed by atoms with Crippen LogP contribution in [0.25, 0.3) is 0 Å². The van der Waals surface area contributed by atoms with Gasteiger partial charge in [0, 0.05) is 20.8 Å². The Labute approximate surface area is 89.4 Å². The Kier molecular flexibility index (Phi) is 6.76. The molecule has 0 aromatic rings. The van der Waals surface area contributed by atoms with Crippen LogP contribution in [0.2, 0.25) is 0 Å². The number of carbonyl (C=O) groups excluding carboxylic acids is 1. The lowest BCUT2D eigenvalue weighted by molar-refractivity contribution is -0.149. The number of ether oxygens (including phenoxy) is 2. The van der Waals surface area contributed by atoms with E-state index >= 15 is 0 Å². The van der Waals surface area contributed by atoms with E-state index in [1.165, 1.54) is 21.3 Å². The van der Waals surface area contributed by atoms with Crippen molar-refractivity contribution in [3.63, 3.8) is 0 Å². The molecule has 0 spiro atoms. The SMILES string of the molecule is CCCOC(C(=O)OC)P(=O)(OC)OC. The van der Waals surface area contributed by atoms with Crippen molar-refractivity contribution in [2.45, 2.75) is 19.2 Å². The summed E-state index contributed by atoms with van der Waals surface area (Å²) < 4.78 is 30.8. The average Bonchev–Trinajstić information content (AvgIpc) is 2.28. The molecule has 0 rings (SSSR count). The van der Waals surface area contributed by atoms with E-state index in [9.17, 15) is 9.36 Å². The van der Waals surface area contributed by atoms with Crippen LogP contribution in [0, 0.1) is 0 Å². The highest BCUT2D eigenvalue weighted by molar-refractivity contribution is 7.55. The van der Waals surface area contributed by atoms with E-state index in [1.54, 1.807) is 0 Å². The van der Waals surface area contributed by atoms with Gasteiger partial charge in [-0.1, -0.05) is 6.92 Å². The standard InChI is InChI=1S/C8H17O6P/c1-5-6-14-8(7(9)11-2)15(10,12-3)13-4/h8H,5-6H2,1-4H3. The van der Waals surface area contributed by atoms with Gasteiger partial charge in [0.05, 0.1) is 7.11 Å². The molecule has 0 saturated heterocycles. The molecule has 0 aromatic carbocycles. The first kappa shape index (κ1) is 14.6. The van der Waals surface area contributed by atoms with E-state index < -0.39 is 19.4 Å². The van der Waals surface area contributed by atoms with E-state index in [4.69, 9.17) is 4.74 Å². The van der Waals surface area contributed by atoms with Gasteiger partial charge in [-0.25, -0.2) is 4.79 Å². The van der Waals surface area contributed by atoms with Crippen molar-refractivity contribution >= 4 is 13.6 Å². The molecule has 0 heterocycles. The Balaban J connectivity index is 4.74. The highest BCUT2D eigenvalue weighted by Crippen LogP contribution is 2.52. The largest absolute Gasteiger partial charge is 0.467 e. The number of hydrogen-bond acceptors (Lipinski definition) is 6. The predicted octanol–water partition coefficient (Wildman–Crippen LogP) is 1.40. The first-order valence-electron chi connectivity index (χ1n) is 4.46. The number of methoxy groups -OCH3 is 1. The minimum atomic E-state index is -3.59. The molecule has 1 unspecified atom stereocenters. The molecule has 0 aromatic heterocycles. The first-order chi connectivity index (χ1) is 7.05. The molecule has 0 fully saturated rings. The minimum absolute atomic E-state index is 0.274. The summed E-state index contributed by atoms with van der Waals surface area (Å²) in [5.41, 5.74) is 0. The second-order valence-corrected chi connectivity index (χ2v) is 4.93. The van der Waals surface area contributed by atoms with E-state index in [2.05, 4.69) is 13.8 Å². The van der Waals surface area contributed by atoms with Crippen molar-refractivity contribution in [2.24, 2.45) is 0 Å². The van der Waals surface area contributed by atoms with Gasteiger partial charge in [0.25, 0.3) is 5.85 Å². The van der Waals surface area contributed by atoms with Gasteiger partial charge >= 0.3 is 13.6 Å². The predicted molar refractivity (Wildman–Crippen MR) is 53.7 cm³/mol. The van der Waals surface area contributed by atoms with Crippen molar-refractivity contribution in [1.82, 2.24) is 0 Å². The number of rotatable bonds is 7. The zero-order chi connectivity index (χ0) is 11.9. The van der Waals surface area contributed by atoms with E-state index in [0.717, 1.165) is 0 Å². The zero-order valence-corrected chi connectivity index (χ0v) is 10.3. The maximum absolute atomic E-state index is 11.9. The molecule has 0 saturated carbocycles. The van der Waals surface area contributed by atoms with Crippen molar-refractivity contribution in [1.29, 1.82) is 0 Å². The van der Waals surface area contributed by atoms with E-state index in [0.29, 0.717) is 6.42 Å². The van der Waals surface area contributed by atoms with E-state index in [1.807, 2.05) is 6.92 Å². The van der Waals surface area contributed by atoms with E-state index in [-0.39, 0.29) is 6.61 Å². The van der Waals surface area contributed by atoms with Gasteiger partial charge < -0.3 is 18.5 Å². The van der Waals surface area contributed by atoms with Gasteiger partial charge in [-0.3, -0.25) is 4.57 Å². The van der Waals surface area contributed by atoms with Crippen LogP contribution in [0.4, 0.5) is 0 Å². The van der Waals surface area contributed by atoms with Crippen LogP contribution in [0.5, 0.6) is 0 Å². The fourth-order valence-corrected chi connectivity index (χ4v) is 2.07. The molecule has 0 amide bonds. The quantitative estimate of drug-likeness (QED) is 0.494. The molecule has 15 heavy (non-hydrogen) atoms. The molecule has 6 nitrogen and oxygen atoms in total. The summed E-state index contributed by atoms with van der Waals surface area (Å²) in [5.74, 6) is -2.09. The molecule has 0 N–H and O–H groups in total. The highest BCUT2D eigenvalue weighted by atomic mass is 31.2. The van der Waals surface area contributed by atoms with Crippen LogP contribution in [-0.4, -0.2) is 39.8 Å². The summed E-state index contributed by atoms with van der Waals surface area (Å²) in [4.78, 5) is 11.3. The summed E-state index contributed by atoms with van der Waals surface area (Å²) in [6.07, 6.45) is 0.681. The normalized spacial score (nSPS) is 13.6. The maximum atomic E-state index is 11.9. The van der Waals surface area contributed by atoms with Crippen molar-refractivity contribution in [3.8, 4) is 0 Å². The monoisotopic (exact) mass is 240 g/mol. The Morgan fingerprint density at radius 1 is 1.27 bits per heavy atom. The van der Waals surface area contributed by atoms with Gasteiger partial charge in [0.1, 0.15) is 0 Å². The second kappa shape index (κ2) is 6.95. The molecule has 7 heteroatoms. The summed E-state index contributed by atoms with van der Waals surface area (Å²) in [6, 6.07) is 0. The molecule has 90 valence electrons. The lowest BCUT2D eigenvalue weighted by Gasteiger charge is -2.21. The lowest BCUT2D eigenvalue weighted by atomic mass is 10.5. The summed E-state index contributed by atoms with van der Waals surface area (Å²) in [7, 11) is -0.0295. The van der Waals surface area contributed by atoms with Gasteiger partial charge in [0.2, 0.25) is 0 Å². The molecule has 1 atom stereocenters. The first-order valence-corrected chi connectivity index (χ1v) is 6.07. The van der Waals surface area contributed by atoms with Crippen LogP contribution in [0.15, 0.2) is 0 Å². The van der Waals surface area contributed by atoms with Gasteiger partial charge in [-0.05, 0) is 6.42 Å². The minimum Gasteiger partial charge on any atom is -0.467 e. The Morgan fingerprint density at radius 2 is 1.80 bits per heavy atom. The zero-order valence-electron chi connectivity index (χ0n) is 9.39. The fraction of sp³-hybridized carbons (Fsp3) is 0.875. The Morgan fingerprint density at radius 3 is 2.13 bits per heavy atom. The van der Waals surface area contributed by atoms with Crippen molar-refractivity contribution in [3.05, 3.63) is 0 Å². The van der Waals surface area contributed by atoms with Gasteiger partial charge in [-0.2, -0.15) is 0 Å². The Bertz CT molecular complexity index is 233. The summed E-state index contributed by atoms with van der Waals surface area (Å²) in [6.45, 7) is 2.13. The average molecular weight is 240 g/mol.